The van der Waals surface area contributed by atoms with Gasteiger partial charge in [-0.1, -0.05) is 28.9 Å². The number of hydrogen-bond acceptors (Lipinski definition) is 3. The molecule has 0 aliphatic carbocycles. The molecule has 2 nitrogen and oxygen atoms in total. The van der Waals surface area contributed by atoms with Crippen LogP contribution in [0.3, 0.4) is 0 Å². The molecule has 114 valence electrons. The number of rotatable bonds is 8. The number of benzene rings is 1. The van der Waals surface area contributed by atoms with E-state index in [2.05, 4.69) is 78.4 Å². The smallest absolute Gasteiger partial charge is 0.0426 e. The third-order valence-corrected chi connectivity index (χ3v) is 4.92. The van der Waals surface area contributed by atoms with E-state index in [9.17, 15) is 0 Å². The zero-order chi connectivity index (χ0) is 15.1. The van der Waals surface area contributed by atoms with Crippen molar-refractivity contribution in [2.24, 2.45) is 0 Å². The Balaban J connectivity index is 3.00. The van der Waals surface area contributed by atoms with Crippen molar-refractivity contribution in [1.82, 2.24) is 5.32 Å². The molecule has 0 saturated heterocycles. The van der Waals surface area contributed by atoms with Crippen LogP contribution in [0, 0.1) is 0 Å². The molecule has 0 aliphatic rings. The SMILES string of the molecule is CCCNC(C)c1ccc(Br)cc1N(C)C(C)CSC. The van der Waals surface area contributed by atoms with Crippen LogP contribution in [0.2, 0.25) is 0 Å². The van der Waals surface area contributed by atoms with E-state index in [0.717, 1.165) is 23.2 Å². The minimum Gasteiger partial charge on any atom is -0.371 e. The average Bonchev–Trinajstić information content (AvgIpc) is 2.44. The normalized spacial score (nSPS) is 14.1. The molecule has 0 heterocycles. The summed E-state index contributed by atoms with van der Waals surface area (Å²) in [6.07, 6.45) is 3.33. The molecule has 1 aromatic rings. The molecule has 0 bridgehead atoms. The van der Waals surface area contributed by atoms with Gasteiger partial charge in [0.1, 0.15) is 0 Å². The van der Waals surface area contributed by atoms with Crippen LogP contribution in [0.15, 0.2) is 22.7 Å². The van der Waals surface area contributed by atoms with Crippen LogP contribution in [-0.2, 0) is 0 Å². The first-order chi connectivity index (χ1) is 9.51. The van der Waals surface area contributed by atoms with Gasteiger partial charge < -0.3 is 10.2 Å². The van der Waals surface area contributed by atoms with E-state index in [1.165, 1.54) is 11.3 Å². The summed E-state index contributed by atoms with van der Waals surface area (Å²) < 4.78 is 1.14. The Morgan fingerprint density at radius 2 is 2.05 bits per heavy atom. The zero-order valence-electron chi connectivity index (χ0n) is 13.2. The maximum atomic E-state index is 3.60. The minimum absolute atomic E-state index is 0.377. The van der Waals surface area contributed by atoms with Gasteiger partial charge in [-0.05, 0) is 50.8 Å². The zero-order valence-corrected chi connectivity index (χ0v) is 15.6. The van der Waals surface area contributed by atoms with Gasteiger partial charge in [0.2, 0.25) is 0 Å². The molecule has 1 rings (SSSR count). The number of anilines is 1. The Morgan fingerprint density at radius 3 is 2.65 bits per heavy atom. The van der Waals surface area contributed by atoms with Crippen molar-refractivity contribution in [3.05, 3.63) is 28.2 Å². The van der Waals surface area contributed by atoms with E-state index in [4.69, 9.17) is 0 Å². The molecule has 0 spiro atoms. The second-order valence-corrected chi connectivity index (χ2v) is 7.12. The lowest BCUT2D eigenvalue weighted by atomic mass is 10.0. The van der Waals surface area contributed by atoms with Crippen LogP contribution in [0.25, 0.3) is 0 Å². The highest BCUT2D eigenvalue weighted by Gasteiger charge is 2.17. The van der Waals surface area contributed by atoms with E-state index in [0.29, 0.717) is 12.1 Å². The van der Waals surface area contributed by atoms with Crippen LogP contribution in [-0.4, -0.2) is 31.6 Å². The molecule has 0 aliphatic heterocycles. The van der Waals surface area contributed by atoms with E-state index < -0.39 is 0 Å². The first-order valence-electron chi connectivity index (χ1n) is 7.25. The summed E-state index contributed by atoms with van der Waals surface area (Å²) in [5.74, 6) is 1.14. The molecular formula is C16H27BrN2S. The molecule has 2 atom stereocenters. The van der Waals surface area contributed by atoms with Crippen molar-refractivity contribution < 1.29 is 0 Å². The van der Waals surface area contributed by atoms with Gasteiger partial charge in [0.25, 0.3) is 0 Å². The first kappa shape index (κ1) is 17.9. The minimum atomic E-state index is 0.377. The Morgan fingerprint density at radius 1 is 1.35 bits per heavy atom. The molecular weight excluding hydrogens is 332 g/mol. The van der Waals surface area contributed by atoms with Gasteiger partial charge in [-0.15, -0.1) is 0 Å². The Bertz CT molecular complexity index is 411. The third kappa shape index (κ3) is 4.97. The van der Waals surface area contributed by atoms with Crippen molar-refractivity contribution in [2.45, 2.75) is 39.3 Å². The largest absolute Gasteiger partial charge is 0.371 e. The highest BCUT2D eigenvalue weighted by Crippen LogP contribution is 2.30. The number of thioether (sulfide) groups is 1. The highest BCUT2D eigenvalue weighted by atomic mass is 79.9. The summed E-state index contributed by atoms with van der Waals surface area (Å²) in [5.41, 5.74) is 2.69. The molecule has 0 saturated carbocycles. The molecule has 2 unspecified atom stereocenters. The van der Waals surface area contributed by atoms with Crippen molar-refractivity contribution in [3.63, 3.8) is 0 Å². The van der Waals surface area contributed by atoms with Crippen LogP contribution < -0.4 is 10.2 Å². The molecule has 0 fully saturated rings. The van der Waals surface area contributed by atoms with E-state index >= 15 is 0 Å². The van der Waals surface area contributed by atoms with E-state index in [-0.39, 0.29) is 0 Å². The predicted molar refractivity (Wildman–Crippen MR) is 97.1 cm³/mol. The molecule has 20 heavy (non-hydrogen) atoms. The number of nitrogens with zero attached hydrogens (tertiary/aromatic N) is 1. The monoisotopic (exact) mass is 358 g/mol. The summed E-state index contributed by atoms with van der Waals surface area (Å²) in [7, 11) is 2.19. The Labute approximate surface area is 136 Å². The number of nitrogens with one attached hydrogen (secondary N) is 1. The molecule has 0 aromatic heterocycles. The molecule has 1 N–H and O–H groups in total. The topological polar surface area (TPSA) is 15.3 Å². The fourth-order valence-corrected chi connectivity index (χ4v) is 3.30. The number of hydrogen-bond donors (Lipinski definition) is 1. The molecule has 0 amide bonds. The van der Waals surface area contributed by atoms with Crippen LogP contribution in [0.5, 0.6) is 0 Å². The summed E-state index contributed by atoms with van der Waals surface area (Å²) in [6, 6.07) is 7.50. The van der Waals surface area contributed by atoms with Gasteiger partial charge in [0, 0.05) is 35.0 Å². The van der Waals surface area contributed by atoms with Crippen molar-refractivity contribution in [3.8, 4) is 0 Å². The molecule has 0 radical (unpaired) electrons. The summed E-state index contributed by atoms with van der Waals surface area (Å²) in [4.78, 5) is 2.39. The van der Waals surface area contributed by atoms with Crippen LogP contribution in [0.1, 0.15) is 38.8 Å². The van der Waals surface area contributed by atoms with Crippen LogP contribution >= 0.6 is 27.7 Å². The van der Waals surface area contributed by atoms with Crippen molar-refractivity contribution in [2.75, 3.05) is 30.5 Å². The van der Waals surface area contributed by atoms with Crippen LogP contribution in [0.4, 0.5) is 5.69 Å². The van der Waals surface area contributed by atoms with Gasteiger partial charge in [-0.25, -0.2) is 0 Å². The lowest BCUT2D eigenvalue weighted by Crippen LogP contribution is -2.32. The van der Waals surface area contributed by atoms with Crippen molar-refractivity contribution >= 4 is 33.4 Å². The second-order valence-electron chi connectivity index (χ2n) is 5.29. The first-order valence-corrected chi connectivity index (χ1v) is 9.44. The Hall–Kier alpha value is -0.190. The van der Waals surface area contributed by atoms with E-state index in [1.807, 2.05) is 11.8 Å². The maximum absolute atomic E-state index is 3.60. The standard InChI is InChI=1S/C16H27BrN2S/c1-6-9-18-13(3)15-8-7-14(17)10-16(15)19(4)12(2)11-20-5/h7-8,10,12-13,18H,6,9,11H2,1-5H3. The number of halogens is 1. The molecule has 1 aromatic carbocycles. The fraction of sp³-hybridized carbons (Fsp3) is 0.625. The van der Waals surface area contributed by atoms with Gasteiger partial charge in [0.05, 0.1) is 0 Å². The Kier molecular flexibility index (Phi) is 8.00. The predicted octanol–water partition coefficient (Wildman–Crippen LogP) is 4.70. The van der Waals surface area contributed by atoms with Gasteiger partial charge in [-0.2, -0.15) is 11.8 Å². The maximum Gasteiger partial charge on any atom is 0.0426 e. The summed E-state index contributed by atoms with van der Waals surface area (Å²) >= 11 is 5.50. The quantitative estimate of drug-likeness (QED) is 0.724. The lowest BCUT2D eigenvalue weighted by Gasteiger charge is -2.30. The average molecular weight is 359 g/mol. The fourth-order valence-electron chi connectivity index (χ4n) is 2.25. The van der Waals surface area contributed by atoms with Gasteiger partial charge in [0.15, 0.2) is 0 Å². The third-order valence-electron chi connectivity index (χ3n) is 3.61. The van der Waals surface area contributed by atoms with Gasteiger partial charge in [-0.3, -0.25) is 0 Å². The lowest BCUT2D eigenvalue weighted by molar-refractivity contribution is 0.568. The highest BCUT2D eigenvalue weighted by molar-refractivity contribution is 9.10. The molecule has 4 heteroatoms. The van der Waals surface area contributed by atoms with E-state index in [1.54, 1.807) is 0 Å². The summed E-state index contributed by atoms with van der Waals surface area (Å²) in [6.45, 7) is 7.79. The van der Waals surface area contributed by atoms with Crippen molar-refractivity contribution in [1.29, 1.82) is 0 Å². The second kappa shape index (κ2) is 8.96. The summed E-state index contributed by atoms with van der Waals surface area (Å²) in [5, 5.41) is 3.59. The van der Waals surface area contributed by atoms with Gasteiger partial charge >= 0.3 is 0 Å².